The molecule has 2 rings (SSSR count). The molecule has 0 aliphatic heterocycles. The molecule has 1 heterocycles. The first-order valence-corrected chi connectivity index (χ1v) is 7.36. The van der Waals surface area contributed by atoms with Crippen LogP contribution in [0, 0.1) is 0 Å². The quantitative estimate of drug-likeness (QED) is 0.932. The van der Waals surface area contributed by atoms with E-state index in [0.29, 0.717) is 6.07 Å². The summed E-state index contributed by atoms with van der Waals surface area (Å²) in [5.41, 5.74) is -1.24. The average molecular weight is 337 g/mol. The van der Waals surface area contributed by atoms with E-state index < -0.39 is 31.7 Å². The van der Waals surface area contributed by atoms with Gasteiger partial charge in [0.1, 0.15) is 4.90 Å². The largest absolute Gasteiger partial charge is 0.417 e. The van der Waals surface area contributed by atoms with E-state index in [-0.39, 0.29) is 5.69 Å². The van der Waals surface area contributed by atoms with Crippen molar-refractivity contribution in [3.8, 4) is 0 Å². The minimum Gasteiger partial charge on any atom is -0.279 e. The number of rotatable bonds is 3. The van der Waals surface area contributed by atoms with Gasteiger partial charge in [-0.25, -0.2) is 8.42 Å². The number of hydrogen-bond donors (Lipinski definition) is 1. The molecular weight excluding hydrogens is 329 g/mol. The normalized spacial score (nSPS) is 12.2. The van der Waals surface area contributed by atoms with Crippen molar-refractivity contribution in [1.29, 1.82) is 0 Å². The topological polar surface area (TPSA) is 59.1 Å². The van der Waals surface area contributed by atoms with Crippen molar-refractivity contribution in [2.24, 2.45) is 0 Å². The van der Waals surface area contributed by atoms with Crippen LogP contribution in [0.3, 0.4) is 0 Å². The number of hydrogen-bond acceptors (Lipinski definition) is 3. The first kappa shape index (κ1) is 15.6. The first-order valence-electron chi connectivity index (χ1n) is 5.50. The van der Waals surface area contributed by atoms with E-state index in [9.17, 15) is 21.6 Å². The van der Waals surface area contributed by atoms with Crippen molar-refractivity contribution in [2.45, 2.75) is 11.1 Å². The van der Waals surface area contributed by atoms with Crippen molar-refractivity contribution in [3.05, 3.63) is 53.3 Å². The molecule has 2 aromatic rings. The second-order valence-electron chi connectivity index (χ2n) is 3.96. The lowest BCUT2D eigenvalue weighted by molar-refractivity contribution is -0.139. The maximum atomic E-state index is 12.9. The van der Waals surface area contributed by atoms with Crippen LogP contribution in [-0.4, -0.2) is 13.4 Å². The van der Waals surface area contributed by atoms with Crippen LogP contribution in [0.5, 0.6) is 0 Å². The Hall–Kier alpha value is -1.80. The number of alkyl halides is 3. The number of benzene rings is 1. The van der Waals surface area contributed by atoms with Gasteiger partial charge in [0, 0.05) is 12.4 Å². The second-order valence-corrected chi connectivity index (χ2v) is 5.98. The highest BCUT2D eigenvalue weighted by molar-refractivity contribution is 7.92. The zero-order valence-electron chi connectivity index (χ0n) is 10.2. The summed E-state index contributed by atoms with van der Waals surface area (Å²) in [6.45, 7) is 0. The smallest absolute Gasteiger partial charge is 0.279 e. The van der Waals surface area contributed by atoms with Crippen LogP contribution < -0.4 is 4.72 Å². The Morgan fingerprint density at radius 2 is 1.71 bits per heavy atom. The van der Waals surface area contributed by atoms with Gasteiger partial charge in [0.25, 0.3) is 10.0 Å². The maximum absolute atomic E-state index is 12.9. The monoisotopic (exact) mass is 336 g/mol. The summed E-state index contributed by atoms with van der Waals surface area (Å²) in [7, 11) is -4.49. The molecule has 4 nitrogen and oxygen atoms in total. The molecule has 0 atom stereocenters. The molecule has 0 spiro atoms. The van der Waals surface area contributed by atoms with Gasteiger partial charge in [0.15, 0.2) is 0 Å². The third kappa shape index (κ3) is 3.45. The molecular formula is C12H8ClF3N2O2S. The number of halogens is 4. The number of nitrogens with one attached hydrogen (secondary N) is 1. The summed E-state index contributed by atoms with van der Waals surface area (Å²) >= 11 is 5.65. The number of anilines is 1. The van der Waals surface area contributed by atoms with E-state index in [0.717, 1.165) is 12.1 Å². The molecule has 112 valence electrons. The minimum absolute atomic E-state index is 0.0815. The molecule has 1 aromatic heterocycles. The van der Waals surface area contributed by atoms with Gasteiger partial charge in [-0.1, -0.05) is 17.7 Å². The van der Waals surface area contributed by atoms with Crippen LogP contribution in [0.15, 0.2) is 47.6 Å². The Kier molecular flexibility index (Phi) is 4.11. The molecule has 0 amide bonds. The highest BCUT2D eigenvalue weighted by Gasteiger charge is 2.38. The molecule has 0 bridgehead atoms. The zero-order valence-corrected chi connectivity index (χ0v) is 11.8. The number of sulfonamides is 1. The highest BCUT2D eigenvalue weighted by Crippen LogP contribution is 2.38. The average Bonchev–Trinajstić information content (AvgIpc) is 2.37. The van der Waals surface area contributed by atoms with Crippen LogP contribution in [-0.2, 0) is 16.2 Å². The van der Waals surface area contributed by atoms with Gasteiger partial charge < -0.3 is 0 Å². The van der Waals surface area contributed by atoms with Crippen molar-refractivity contribution in [3.63, 3.8) is 0 Å². The third-order valence-electron chi connectivity index (χ3n) is 2.47. The number of aromatic nitrogens is 1. The van der Waals surface area contributed by atoms with E-state index in [2.05, 4.69) is 4.98 Å². The van der Waals surface area contributed by atoms with Gasteiger partial charge in [0.05, 0.1) is 16.3 Å². The summed E-state index contributed by atoms with van der Waals surface area (Å²) in [4.78, 5) is 2.68. The molecule has 1 aromatic carbocycles. The maximum Gasteiger partial charge on any atom is 0.417 e. The van der Waals surface area contributed by atoms with Gasteiger partial charge >= 0.3 is 6.18 Å². The fraction of sp³-hybridized carbons (Fsp3) is 0.0833. The van der Waals surface area contributed by atoms with Crippen molar-refractivity contribution >= 4 is 27.3 Å². The fourth-order valence-electron chi connectivity index (χ4n) is 1.63. The van der Waals surface area contributed by atoms with Gasteiger partial charge in [-0.15, -0.1) is 0 Å². The first-order chi connectivity index (χ1) is 9.72. The van der Waals surface area contributed by atoms with Crippen molar-refractivity contribution in [1.82, 2.24) is 4.98 Å². The van der Waals surface area contributed by atoms with E-state index in [1.54, 1.807) is 0 Å². The SMILES string of the molecule is O=S(=O)(Nc1ccncc1)c1c(Cl)cccc1C(F)(F)F. The summed E-state index contributed by atoms with van der Waals surface area (Å²) in [6, 6.07) is 5.39. The van der Waals surface area contributed by atoms with E-state index >= 15 is 0 Å². The summed E-state index contributed by atoms with van der Waals surface area (Å²) in [5.74, 6) is 0. The predicted molar refractivity (Wildman–Crippen MR) is 71.5 cm³/mol. The lowest BCUT2D eigenvalue weighted by Gasteiger charge is -2.15. The van der Waals surface area contributed by atoms with Gasteiger partial charge in [-0.05, 0) is 24.3 Å². The van der Waals surface area contributed by atoms with E-state index in [1.165, 1.54) is 24.5 Å². The molecule has 0 saturated carbocycles. The Balaban J connectivity index is 2.55. The Bertz CT molecular complexity index is 749. The Morgan fingerprint density at radius 3 is 2.29 bits per heavy atom. The molecule has 0 unspecified atom stereocenters. The zero-order chi connectivity index (χ0) is 15.7. The standard InChI is InChI=1S/C12H8ClF3N2O2S/c13-10-3-1-2-9(12(14,15)16)11(10)21(19,20)18-8-4-6-17-7-5-8/h1-7H,(H,17,18). The van der Waals surface area contributed by atoms with Crippen LogP contribution in [0.4, 0.5) is 18.9 Å². The Labute approximate surface area is 123 Å². The van der Waals surface area contributed by atoms with E-state index in [1.807, 2.05) is 4.72 Å². The van der Waals surface area contributed by atoms with Crippen LogP contribution in [0.25, 0.3) is 0 Å². The highest BCUT2D eigenvalue weighted by atomic mass is 35.5. The number of nitrogens with zero attached hydrogens (tertiary/aromatic N) is 1. The molecule has 9 heteroatoms. The lowest BCUT2D eigenvalue weighted by Crippen LogP contribution is -2.19. The molecule has 0 fully saturated rings. The minimum atomic E-state index is -4.84. The van der Waals surface area contributed by atoms with Crippen LogP contribution in [0.1, 0.15) is 5.56 Å². The second kappa shape index (κ2) is 5.53. The lowest BCUT2D eigenvalue weighted by atomic mass is 10.2. The summed E-state index contributed by atoms with van der Waals surface area (Å²) < 4.78 is 65.2. The Morgan fingerprint density at radius 1 is 1.10 bits per heavy atom. The third-order valence-corrected chi connectivity index (χ3v) is 4.38. The fourth-order valence-corrected chi connectivity index (χ4v) is 3.46. The molecule has 1 N–H and O–H groups in total. The van der Waals surface area contributed by atoms with Crippen molar-refractivity contribution < 1.29 is 21.6 Å². The molecule has 0 aliphatic rings. The summed E-state index contributed by atoms with van der Waals surface area (Å²) in [5, 5.41) is -0.508. The van der Waals surface area contributed by atoms with E-state index in [4.69, 9.17) is 11.6 Å². The number of pyridine rings is 1. The molecule has 0 aliphatic carbocycles. The van der Waals surface area contributed by atoms with Crippen LogP contribution >= 0.6 is 11.6 Å². The molecule has 0 saturated heterocycles. The molecule has 21 heavy (non-hydrogen) atoms. The van der Waals surface area contributed by atoms with Gasteiger partial charge in [-0.3, -0.25) is 9.71 Å². The van der Waals surface area contributed by atoms with Crippen molar-refractivity contribution in [2.75, 3.05) is 4.72 Å². The van der Waals surface area contributed by atoms with Crippen LogP contribution in [0.2, 0.25) is 5.02 Å². The predicted octanol–water partition coefficient (Wildman–Crippen LogP) is 3.55. The van der Waals surface area contributed by atoms with Gasteiger partial charge in [-0.2, -0.15) is 13.2 Å². The summed E-state index contributed by atoms with van der Waals surface area (Å²) in [6.07, 6.45) is -2.24. The van der Waals surface area contributed by atoms with Gasteiger partial charge in [0.2, 0.25) is 0 Å². The molecule has 0 radical (unpaired) electrons.